The average Bonchev–Trinajstić information content (AvgIpc) is 2.25. The second-order valence-corrected chi connectivity index (χ2v) is 4.01. The zero-order chi connectivity index (χ0) is 11.1. The first-order valence-electron chi connectivity index (χ1n) is 4.79. The maximum atomic E-state index is 11.2. The van der Waals surface area contributed by atoms with Crippen molar-refractivity contribution in [2.75, 3.05) is 5.88 Å². The quantitative estimate of drug-likeness (QED) is 0.795. The molecule has 0 aliphatic rings. The molecule has 15 heavy (non-hydrogen) atoms. The van der Waals surface area contributed by atoms with Crippen LogP contribution >= 0.6 is 23.2 Å². The van der Waals surface area contributed by atoms with Crippen LogP contribution in [0.2, 0.25) is 5.02 Å². The van der Waals surface area contributed by atoms with Gasteiger partial charge in [-0.15, -0.1) is 11.6 Å². The first-order valence-corrected chi connectivity index (χ1v) is 5.70. The third-order valence-electron chi connectivity index (χ3n) is 1.94. The van der Waals surface area contributed by atoms with E-state index in [2.05, 4.69) is 5.32 Å². The van der Waals surface area contributed by atoms with Gasteiger partial charge in [0.05, 0.1) is 0 Å². The Labute approximate surface area is 99.6 Å². The van der Waals surface area contributed by atoms with E-state index in [0.29, 0.717) is 30.3 Å². The summed E-state index contributed by atoms with van der Waals surface area (Å²) in [6, 6.07) is 7.40. The van der Waals surface area contributed by atoms with E-state index in [0.717, 1.165) is 5.56 Å². The average molecular weight is 246 g/mol. The fourth-order valence-corrected chi connectivity index (χ4v) is 1.38. The highest BCUT2D eigenvalue weighted by Gasteiger charge is 2.00. The van der Waals surface area contributed by atoms with Gasteiger partial charge in [-0.1, -0.05) is 23.7 Å². The lowest BCUT2D eigenvalue weighted by atomic mass is 10.2. The number of alkyl halides is 1. The van der Waals surface area contributed by atoms with Crippen LogP contribution in [0.25, 0.3) is 0 Å². The number of carbonyl (C=O) groups excluding carboxylic acids is 1. The Hall–Kier alpha value is -0.730. The summed E-state index contributed by atoms with van der Waals surface area (Å²) in [5, 5.41) is 3.51. The molecule has 0 atom stereocenters. The normalized spacial score (nSPS) is 10.0. The van der Waals surface area contributed by atoms with E-state index < -0.39 is 0 Å². The summed E-state index contributed by atoms with van der Waals surface area (Å²) in [5.74, 6) is 0.555. The predicted molar refractivity (Wildman–Crippen MR) is 63.3 cm³/mol. The van der Waals surface area contributed by atoms with E-state index in [4.69, 9.17) is 23.2 Å². The van der Waals surface area contributed by atoms with Crippen LogP contribution in [0.3, 0.4) is 0 Å². The molecule has 0 fully saturated rings. The minimum Gasteiger partial charge on any atom is -0.352 e. The summed E-state index contributed by atoms with van der Waals surface area (Å²) in [7, 11) is 0. The van der Waals surface area contributed by atoms with Gasteiger partial charge in [0, 0.05) is 23.9 Å². The van der Waals surface area contributed by atoms with Crippen LogP contribution in [0.4, 0.5) is 0 Å². The molecule has 1 N–H and O–H groups in total. The maximum Gasteiger partial charge on any atom is 0.220 e. The first-order chi connectivity index (χ1) is 7.22. The summed E-state index contributed by atoms with van der Waals surface area (Å²) in [5.41, 5.74) is 1.04. The van der Waals surface area contributed by atoms with Crippen LogP contribution in [-0.4, -0.2) is 11.8 Å². The molecule has 0 saturated carbocycles. The van der Waals surface area contributed by atoms with Crippen molar-refractivity contribution in [2.45, 2.75) is 19.4 Å². The van der Waals surface area contributed by atoms with Crippen LogP contribution in [-0.2, 0) is 11.3 Å². The molecule has 82 valence electrons. The molecule has 0 saturated heterocycles. The fourth-order valence-electron chi connectivity index (χ4n) is 1.12. The number of nitrogens with one attached hydrogen (secondary N) is 1. The summed E-state index contributed by atoms with van der Waals surface area (Å²) < 4.78 is 0. The van der Waals surface area contributed by atoms with Gasteiger partial charge in [0.25, 0.3) is 0 Å². The smallest absolute Gasteiger partial charge is 0.220 e. The van der Waals surface area contributed by atoms with Gasteiger partial charge in [-0.05, 0) is 24.1 Å². The molecular weight excluding hydrogens is 233 g/mol. The van der Waals surface area contributed by atoms with Crippen LogP contribution in [0.15, 0.2) is 24.3 Å². The molecule has 0 heterocycles. The van der Waals surface area contributed by atoms with E-state index in [9.17, 15) is 4.79 Å². The second kappa shape index (κ2) is 6.70. The summed E-state index contributed by atoms with van der Waals surface area (Å²) in [6.45, 7) is 0.540. The summed E-state index contributed by atoms with van der Waals surface area (Å²) in [4.78, 5) is 11.2. The first kappa shape index (κ1) is 12.3. The highest BCUT2D eigenvalue weighted by molar-refractivity contribution is 6.30. The third-order valence-corrected chi connectivity index (χ3v) is 2.46. The molecule has 0 aliphatic carbocycles. The Morgan fingerprint density at radius 1 is 1.27 bits per heavy atom. The lowest BCUT2D eigenvalue weighted by molar-refractivity contribution is -0.121. The van der Waals surface area contributed by atoms with E-state index in [1.165, 1.54) is 0 Å². The molecule has 0 unspecified atom stereocenters. The minimum absolute atomic E-state index is 0.0330. The number of amides is 1. The number of halogens is 2. The van der Waals surface area contributed by atoms with Crippen molar-refractivity contribution < 1.29 is 4.79 Å². The van der Waals surface area contributed by atoms with E-state index in [1.54, 1.807) is 0 Å². The number of benzene rings is 1. The van der Waals surface area contributed by atoms with Gasteiger partial charge < -0.3 is 5.32 Å². The van der Waals surface area contributed by atoms with Crippen LogP contribution < -0.4 is 5.32 Å². The van der Waals surface area contributed by atoms with Crippen molar-refractivity contribution in [1.29, 1.82) is 0 Å². The van der Waals surface area contributed by atoms with E-state index in [1.807, 2.05) is 24.3 Å². The maximum absolute atomic E-state index is 11.2. The summed E-state index contributed by atoms with van der Waals surface area (Å²) >= 11 is 11.2. The van der Waals surface area contributed by atoms with Gasteiger partial charge in [0.15, 0.2) is 0 Å². The second-order valence-electron chi connectivity index (χ2n) is 3.20. The van der Waals surface area contributed by atoms with E-state index >= 15 is 0 Å². The van der Waals surface area contributed by atoms with Crippen molar-refractivity contribution in [3.8, 4) is 0 Å². The van der Waals surface area contributed by atoms with Crippen molar-refractivity contribution in [2.24, 2.45) is 0 Å². The van der Waals surface area contributed by atoms with Crippen LogP contribution in [0.1, 0.15) is 18.4 Å². The molecule has 1 aromatic rings. The van der Waals surface area contributed by atoms with Gasteiger partial charge in [0.2, 0.25) is 5.91 Å². The Morgan fingerprint density at radius 2 is 1.93 bits per heavy atom. The topological polar surface area (TPSA) is 29.1 Å². The SMILES string of the molecule is O=C(CCCCl)NCc1ccc(Cl)cc1. The zero-order valence-corrected chi connectivity index (χ0v) is 9.81. The van der Waals surface area contributed by atoms with Crippen molar-refractivity contribution in [1.82, 2.24) is 5.32 Å². The van der Waals surface area contributed by atoms with E-state index in [-0.39, 0.29) is 5.91 Å². The molecule has 0 aromatic heterocycles. The number of rotatable bonds is 5. The van der Waals surface area contributed by atoms with Gasteiger partial charge >= 0.3 is 0 Å². The Morgan fingerprint density at radius 3 is 2.53 bits per heavy atom. The highest BCUT2D eigenvalue weighted by atomic mass is 35.5. The zero-order valence-electron chi connectivity index (χ0n) is 8.30. The van der Waals surface area contributed by atoms with Gasteiger partial charge in [-0.3, -0.25) is 4.79 Å². The monoisotopic (exact) mass is 245 g/mol. The predicted octanol–water partition coefficient (Wildman–Crippen LogP) is 2.98. The Kier molecular flexibility index (Phi) is 5.51. The molecule has 0 aliphatic heterocycles. The number of hydrogen-bond acceptors (Lipinski definition) is 1. The summed E-state index contributed by atoms with van der Waals surface area (Å²) in [6.07, 6.45) is 1.20. The lowest BCUT2D eigenvalue weighted by Crippen LogP contribution is -2.22. The van der Waals surface area contributed by atoms with Gasteiger partial charge in [-0.2, -0.15) is 0 Å². The Balaban J connectivity index is 2.30. The molecule has 0 radical (unpaired) electrons. The number of hydrogen-bond donors (Lipinski definition) is 1. The minimum atomic E-state index is 0.0330. The highest BCUT2D eigenvalue weighted by Crippen LogP contribution is 2.09. The molecule has 0 bridgehead atoms. The van der Waals surface area contributed by atoms with Crippen LogP contribution in [0.5, 0.6) is 0 Å². The lowest BCUT2D eigenvalue weighted by Gasteiger charge is -2.04. The third kappa shape index (κ3) is 5.05. The van der Waals surface area contributed by atoms with Gasteiger partial charge in [0.1, 0.15) is 0 Å². The standard InChI is InChI=1S/C11H13Cl2NO/c12-7-1-2-11(15)14-8-9-3-5-10(13)6-4-9/h3-6H,1-2,7-8H2,(H,14,15). The molecule has 1 rings (SSSR count). The largest absolute Gasteiger partial charge is 0.352 e. The molecule has 2 nitrogen and oxygen atoms in total. The molecule has 0 spiro atoms. The Bertz CT molecular complexity index is 311. The van der Waals surface area contributed by atoms with Crippen molar-refractivity contribution in [3.05, 3.63) is 34.9 Å². The fraction of sp³-hybridized carbons (Fsp3) is 0.364. The molecule has 1 aromatic carbocycles. The van der Waals surface area contributed by atoms with Gasteiger partial charge in [-0.25, -0.2) is 0 Å². The van der Waals surface area contributed by atoms with Crippen molar-refractivity contribution >= 4 is 29.1 Å². The molecule has 1 amide bonds. The molecule has 4 heteroatoms. The van der Waals surface area contributed by atoms with Crippen molar-refractivity contribution in [3.63, 3.8) is 0 Å². The number of carbonyl (C=O) groups is 1. The van der Waals surface area contributed by atoms with Crippen LogP contribution in [0, 0.1) is 0 Å². The molecular formula is C11H13Cl2NO.